The van der Waals surface area contributed by atoms with Gasteiger partial charge in [0.1, 0.15) is 0 Å². The highest BCUT2D eigenvalue weighted by atomic mass is 14.6. The van der Waals surface area contributed by atoms with Gasteiger partial charge in [-0.1, -0.05) is 12.2 Å². The highest BCUT2D eigenvalue weighted by molar-refractivity contribution is 5.78. The molecule has 0 radical (unpaired) electrons. The third-order valence-electron chi connectivity index (χ3n) is 1.05. The maximum absolute atomic E-state index is 3.88. The fraction of sp³-hybridized carbons (Fsp3) is 0.375. The second-order valence-corrected chi connectivity index (χ2v) is 1.74. The number of hydrogen-bond acceptors (Lipinski definition) is 1. The van der Waals surface area contributed by atoms with E-state index in [1.807, 2.05) is 25.3 Å². The first kappa shape index (κ1) is 8.15. The quantitative estimate of drug-likeness (QED) is 0.403. The molecular formula is C8H13N. The maximum atomic E-state index is 3.88. The van der Waals surface area contributed by atoms with E-state index < -0.39 is 0 Å². The van der Waals surface area contributed by atoms with Gasteiger partial charge >= 0.3 is 0 Å². The van der Waals surface area contributed by atoms with Crippen LogP contribution in [0.5, 0.6) is 0 Å². The highest BCUT2D eigenvalue weighted by Crippen LogP contribution is 1.96. The lowest BCUT2D eigenvalue weighted by molar-refractivity contribution is 1.31. The summed E-state index contributed by atoms with van der Waals surface area (Å²) in [6, 6.07) is 0. The molecule has 0 aromatic carbocycles. The zero-order chi connectivity index (χ0) is 7.11. The van der Waals surface area contributed by atoms with Gasteiger partial charge in [0.2, 0.25) is 0 Å². The Labute approximate surface area is 56.8 Å². The van der Waals surface area contributed by atoms with Crippen LogP contribution in [0.1, 0.15) is 13.3 Å². The summed E-state index contributed by atoms with van der Waals surface area (Å²) in [5.74, 6) is 0. The average Bonchev–Trinajstić information content (AvgIpc) is 1.88. The molecule has 0 aromatic rings. The SMILES string of the molecule is C=CC/C(C=NC)=C\C. The van der Waals surface area contributed by atoms with Gasteiger partial charge in [-0.25, -0.2) is 0 Å². The number of allylic oxidation sites excluding steroid dienone is 3. The molecule has 0 saturated carbocycles. The van der Waals surface area contributed by atoms with Crippen LogP contribution >= 0.6 is 0 Å². The second kappa shape index (κ2) is 5.29. The van der Waals surface area contributed by atoms with Gasteiger partial charge in [-0.15, -0.1) is 6.58 Å². The van der Waals surface area contributed by atoms with Crippen molar-refractivity contribution in [2.45, 2.75) is 13.3 Å². The Morgan fingerprint density at radius 2 is 2.33 bits per heavy atom. The molecule has 0 unspecified atom stereocenters. The molecule has 0 amide bonds. The first-order valence-electron chi connectivity index (χ1n) is 3.03. The van der Waals surface area contributed by atoms with Crippen LogP contribution in [0.15, 0.2) is 29.3 Å². The van der Waals surface area contributed by atoms with Crippen molar-refractivity contribution in [2.24, 2.45) is 4.99 Å². The summed E-state index contributed by atoms with van der Waals surface area (Å²) >= 11 is 0. The summed E-state index contributed by atoms with van der Waals surface area (Å²) in [7, 11) is 1.77. The molecule has 0 N–H and O–H groups in total. The minimum Gasteiger partial charge on any atom is -0.296 e. The molecule has 9 heavy (non-hydrogen) atoms. The predicted molar refractivity (Wildman–Crippen MR) is 43.0 cm³/mol. The monoisotopic (exact) mass is 123 g/mol. The van der Waals surface area contributed by atoms with Crippen molar-refractivity contribution in [1.82, 2.24) is 0 Å². The zero-order valence-corrected chi connectivity index (χ0v) is 6.09. The van der Waals surface area contributed by atoms with Gasteiger partial charge in [-0.3, -0.25) is 4.99 Å². The third-order valence-corrected chi connectivity index (χ3v) is 1.05. The van der Waals surface area contributed by atoms with E-state index in [4.69, 9.17) is 0 Å². The zero-order valence-electron chi connectivity index (χ0n) is 6.09. The van der Waals surface area contributed by atoms with Crippen LogP contribution in [0.25, 0.3) is 0 Å². The Kier molecular flexibility index (Phi) is 4.79. The Hall–Kier alpha value is -0.850. The minimum absolute atomic E-state index is 0.911. The van der Waals surface area contributed by atoms with Crippen LogP contribution in [-0.4, -0.2) is 13.3 Å². The molecule has 0 aromatic heterocycles. The molecule has 0 atom stereocenters. The molecule has 0 aliphatic heterocycles. The molecule has 0 aliphatic carbocycles. The smallest absolute Gasteiger partial charge is 0.0277 e. The topological polar surface area (TPSA) is 12.4 Å². The number of nitrogens with zero attached hydrogens (tertiary/aromatic N) is 1. The molecule has 0 saturated heterocycles. The first-order chi connectivity index (χ1) is 4.35. The molecule has 0 heterocycles. The predicted octanol–water partition coefficient (Wildman–Crippen LogP) is 2.21. The molecule has 1 nitrogen and oxygen atoms in total. The lowest BCUT2D eigenvalue weighted by atomic mass is 10.2. The van der Waals surface area contributed by atoms with Crippen molar-refractivity contribution < 1.29 is 0 Å². The standard InChI is InChI=1S/C8H13N/c1-4-6-8(5-2)7-9-3/h4-5,7H,1,6H2,2-3H3/b8-5+,9-7?. The van der Waals surface area contributed by atoms with Crippen LogP contribution in [0.3, 0.4) is 0 Å². The fourth-order valence-corrected chi connectivity index (χ4v) is 0.578. The molecule has 0 rings (SSSR count). The largest absolute Gasteiger partial charge is 0.296 e. The Bertz CT molecular complexity index is 132. The summed E-state index contributed by atoms with van der Waals surface area (Å²) in [4.78, 5) is 3.88. The van der Waals surface area contributed by atoms with Crippen molar-refractivity contribution in [1.29, 1.82) is 0 Å². The van der Waals surface area contributed by atoms with Crippen molar-refractivity contribution >= 4 is 6.21 Å². The van der Waals surface area contributed by atoms with Crippen molar-refractivity contribution in [3.8, 4) is 0 Å². The average molecular weight is 123 g/mol. The summed E-state index contributed by atoms with van der Waals surface area (Å²) < 4.78 is 0. The lowest BCUT2D eigenvalue weighted by Crippen LogP contribution is -1.80. The molecule has 0 fully saturated rings. The van der Waals surface area contributed by atoms with Crippen LogP contribution in [0.4, 0.5) is 0 Å². The van der Waals surface area contributed by atoms with Gasteiger partial charge in [-0.2, -0.15) is 0 Å². The minimum atomic E-state index is 0.911. The third kappa shape index (κ3) is 3.71. The Balaban J connectivity index is 3.84. The van der Waals surface area contributed by atoms with Crippen LogP contribution in [-0.2, 0) is 0 Å². The van der Waals surface area contributed by atoms with E-state index in [0.717, 1.165) is 6.42 Å². The molecular weight excluding hydrogens is 110 g/mol. The van der Waals surface area contributed by atoms with Gasteiger partial charge < -0.3 is 0 Å². The van der Waals surface area contributed by atoms with Gasteiger partial charge in [0, 0.05) is 13.3 Å². The summed E-state index contributed by atoms with van der Waals surface area (Å²) in [5, 5.41) is 0. The lowest BCUT2D eigenvalue weighted by Gasteiger charge is -1.90. The van der Waals surface area contributed by atoms with Gasteiger partial charge in [0.15, 0.2) is 0 Å². The van der Waals surface area contributed by atoms with Crippen molar-refractivity contribution in [3.05, 3.63) is 24.3 Å². The number of rotatable bonds is 3. The molecule has 0 aliphatic rings. The van der Waals surface area contributed by atoms with E-state index in [2.05, 4.69) is 11.6 Å². The van der Waals surface area contributed by atoms with Crippen LogP contribution in [0.2, 0.25) is 0 Å². The Morgan fingerprint density at radius 1 is 1.67 bits per heavy atom. The molecule has 0 bridgehead atoms. The van der Waals surface area contributed by atoms with E-state index in [-0.39, 0.29) is 0 Å². The van der Waals surface area contributed by atoms with Crippen molar-refractivity contribution in [2.75, 3.05) is 7.05 Å². The number of hydrogen-bond donors (Lipinski definition) is 0. The van der Waals surface area contributed by atoms with Crippen LogP contribution in [0, 0.1) is 0 Å². The molecule has 1 heteroatoms. The van der Waals surface area contributed by atoms with Gasteiger partial charge in [0.05, 0.1) is 0 Å². The summed E-state index contributed by atoms with van der Waals surface area (Å²) in [5.41, 5.74) is 1.22. The summed E-state index contributed by atoms with van der Waals surface area (Å²) in [6.07, 6.45) is 6.67. The second-order valence-electron chi connectivity index (χ2n) is 1.74. The molecule has 50 valence electrons. The Morgan fingerprint density at radius 3 is 2.67 bits per heavy atom. The van der Waals surface area contributed by atoms with Gasteiger partial charge in [0.25, 0.3) is 0 Å². The first-order valence-corrected chi connectivity index (χ1v) is 3.03. The maximum Gasteiger partial charge on any atom is 0.0277 e. The highest BCUT2D eigenvalue weighted by Gasteiger charge is 1.83. The van der Waals surface area contributed by atoms with Gasteiger partial charge in [-0.05, 0) is 18.9 Å². The fourth-order valence-electron chi connectivity index (χ4n) is 0.578. The van der Waals surface area contributed by atoms with E-state index in [1.165, 1.54) is 5.57 Å². The normalized spacial score (nSPS) is 12.4. The van der Waals surface area contributed by atoms with E-state index in [9.17, 15) is 0 Å². The van der Waals surface area contributed by atoms with Crippen LogP contribution < -0.4 is 0 Å². The van der Waals surface area contributed by atoms with E-state index in [1.54, 1.807) is 7.05 Å². The summed E-state index contributed by atoms with van der Waals surface area (Å²) in [6.45, 7) is 5.63. The van der Waals surface area contributed by atoms with E-state index in [0.29, 0.717) is 0 Å². The van der Waals surface area contributed by atoms with Crippen molar-refractivity contribution in [3.63, 3.8) is 0 Å². The molecule has 0 spiro atoms. The number of aliphatic imine (C=N–C) groups is 1. The van der Waals surface area contributed by atoms with E-state index >= 15 is 0 Å².